The van der Waals surface area contributed by atoms with Crippen molar-refractivity contribution in [1.82, 2.24) is 35.1 Å². The molecule has 4 rings (SSSR count). The molecule has 1 unspecified atom stereocenters. The molecule has 0 aromatic carbocycles. The summed E-state index contributed by atoms with van der Waals surface area (Å²) in [6.45, 7) is 3.80. The number of carbonyl (C=O) groups is 2. The maximum Gasteiger partial charge on any atom is 0.272 e. The molecule has 13 heteroatoms. The molecule has 3 N–H and O–H groups in total. The van der Waals surface area contributed by atoms with Crippen molar-refractivity contribution in [2.24, 2.45) is 11.8 Å². The monoisotopic (exact) mass is 518 g/mol. The van der Waals surface area contributed by atoms with Crippen LogP contribution in [0.15, 0.2) is 29.3 Å². The zero-order chi connectivity index (χ0) is 26.0. The van der Waals surface area contributed by atoms with Gasteiger partial charge in [0, 0.05) is 18.8 Å². The molecule has 3 aromatic rings. The fourth-order valence-corrected chi connectivity index (χ4v) is 4.87. The fourth-order valence-electron chi connectivity index (χ4n) is 4.71. The summed E-state index contributed by atoms with van der Waals surface area (Å²) < 4.78 is 16.0. The first-order chi connectivity index (χ1) is 17.2. The largest absolute Gasteiger partial charge is 0.328 e. The molecule has 0 aliphatic heterocycles. The number of nitrogens with one attached hydrogen (secondary N) is 3. The molecule has 0 bridgehead atoms. The summed E-state index contributed by atoms with van der Waals surface area (Å²) in [5.41, 5.74) is -0.151. The summed E-state index contributed by atoms with van der Waals surface area (Å²) in [7, 11) is 1.56. The smallest absolute Gasteiger partial charge is 0.272 e. The van der Waals surface area contributed by atoms with Gasteiger partial charge < -0.3 is 10.2 Å². The van der Waals surface area contributed by atoms with Crippen molar-refractivity contribution in [3.8, 4) is 0 Å². The molecular weight excluding hydrogens is 491 g/mol. The maximum atomic E-state index is 14.8. The fraction of sp³-hybridized carbons (Fsp3) is 0.478. The quantitative estimate of drug-likeness (QED) is 0.439. The van der Waals surface area contributed by atoms with E-state index in [0.29, 0.717) is 5.92 Å². The van der Waals surface area contributed by atoms with Crippen molar-refractivity contribution in [1.29, 1.82) is 0 Å². The zero-order valence-electron chi connectivity index (χ0n) is 20.2. The van der Waals surface area contributed by atoms with E-state index in [2.05, 4.69) is 37.7 Å². The van der Waals surface area contributed by atoms with Crippen LogP contribution in [0.3, 0.4) is 0 Å². The lowest BCUT2D eigenvalue weighted by Crippen LogP contribution is -2.50. The molecule has 192 valence electrons. The van der Waals surface area contributed by atoms with Crippen LogP contribution in [-0.4, -0.2) is 60.0 Å². The van der Waals surface area contributed by atoms with Crippen molar-refractivity contribution in [3.63, 3.8) is 0 Å². The second-order valence-corrected chi connectivity index (χ2v) is 9.69. The van der Waals surface area contributed by atoms with Gasteiger partial charge in [0.2, 0.25) is 5.91 Å². The molecule has 11 nitrogen and oxygen atoms in total. The molecule has 0 radical (unpaired) electrons. The van der Waals surface area contributed by atoms with E-state index in [9.17, 15) is 18.8 Å². The summed E-state index contributed by atoms with van der Waals surface area (Å²) in [6, 6.07) is 1.40. The van der Waals surface area contributed by atoms with Gasteiger partial charge >= 0.3 is 0 Å². The first-order valence-corrected chi connectivity index (χ1v) is 12.1. The van der Waals surface area contributed by atoms with E-state index in [1.807, 2.05) is 0 Å². The van der Waals surface area contributed by atoms with Crippen molar-refractivity contribution in [2.75, 3.05) is 12.4 Å². The van der Waals surface area contributed by atoms with Gasteiger partial charge in [0.05, 0.1) is 12.2 Å². The van der Waals surface area contributed by atoms with E-state index >= 15 is 0 Å². The van der Waals surface area contributed by atoms with Gasteiger partial charge in [-0.15, -0.1) is 5.10 Å². The van der Waals surface area contributed by atoms with Gasteiger partial charge in [-0.25, -0.2) is 5.10 Å². The molecule has 1 saturated carbocycles. The number of likely N-dealkylation sites (N-methyl/N-ethyl adjacent to an activating group) is 1. The normalized spacial score (nSPS) is 19.5. The summed E-state index contributed by atoms with van der Waals surface area (Å²) in [6.07, 6.45) is 6.18. The third-order valence-corrected chi connectivity index (χ3v) is 7.03. The van der Waals surface area contributed by atoms with Crippen LogP contribution in [0, 0.1) is 17.8 Å². The summed E-state index contributed by atoms with van der Waals surface area (Å²) in [4.78, 5) is 40.1. The number of carbonyl (C=O) groups excluding carboxylic acids is 2. The molecule has 36 heavy (non-hydrogen) atoms. The van der Waals surface area contributed by atoms with E-state index in [0.717, 1.165) is 25.7 Å². The molecule has 1 fully saturated rings. The van der Waals surface area contributed by atoms with Crippen molar-refractivity contribution < 1.29 is 14.0 Å². The molecule has 1 aliphatic rings. The van der Waals surface area contributed by atoms with Crippen molar-refractivity contribution in [3.05, 3.63) is 57.2 Å². The zero-order valence-corrected chi connectivity index (χ0v) is 20.9. The predicted molar refractivity (Wildman–Crippen MR) is 130 cm³/mol. The van der Waals surface area contributed by atoms with Crippen LogP contribution in [0.5, 0.6) is 0 Å². The molecule has 3 aromatic heterocycles. The first kappa shape index (κ1) is 25.5. The molecule has 2 atom stereocenters. The minimum atomic E-state index is -0.912. The maximum absolute atomic E-state index is 14.8. The highest BCUT2D eigenvalue weighted by Gasteiger charge is 2.37. The predicted octanol–water partition coefficient (Wildman–Crippen LogP) is 3.00. The van der Waals surface area contributed by atoms with Gasteiger partial charge in [-0.1, -0.05) is 31.4 Å². The van der Waals surface area contributed by atoms with Crippen LogP contribution in [0.2, 0.25) is 5.15 Å². The second-order valence-electron chi connectivity index (χ2n) is 9.31. The standard InChI is InChI=1S/C23H28ClFN8O3/c1-12-4-6-14(7-5-12)19(32(3)23(36)16-8-9-26-28-16)22(35)27-17-11-33(31-20(17)25)13(2)15-10-18(24)29-30-21(15)34/h8-14,19H,4-7H2,1-3H3,(H,26,28)(H,27,35)(H,30,34)/t12?,13-,14?,19?/m0/s1. The Labute approximate surface area is 211 Å². The number of amides is 2. The Hall–Kier alpha value is -3.54. The number of hydrogen-bond acceptors (Lipinski definition) is 6. The van der Waals surface area contributed by atoms with Gasteiger partial charge in [0.1, 0.15) is 22.6 Å². The average molecular weight is 519 g/mol. The molecule has 0 saturated heterocycles. The van der Waals surface area contributed by atoms with Crippen LogP contribution in [0.4, 0.5) is 10.1 Å². The van der Waals surface area contributed by atoms with Crippen LogP contribution >= 0.6 is 11.6 Å². The van der Waals surface area contributed by atoms with E-state index in [1.54, 1.807) is 14.0 Å². The lowest BCUT2D eigenvalue weighted by Gasteiger charge is -2.36. The van der Waals surface area contributed by atoms with Gasteiger partial charge in [-0.3, -0.25) is 24.2 Å². The minimum absolute atomic E-state index is 0.0761. The summed E-state index contributed by atoms with van der Waals surface area (Å²) in [5, 5.41) is 18.9. The Morgan fingerprint density at radius 1 is 1.28 bits per heavy atom. The van der Waals surface area contributed by atoms with Crippen molar-refractivity contribution >= 4 is 29.1 Å². The van der Waals surface area contributed by atoms with Gasteiger partial charge in [0.15, 0.2) is 0 Å². The number of rotatable bonds is 7. The number of aromatic nitrogens is 6. The Bertz CT molecular complexity index is 1280. The Morgan fingerprint density at radius 2 is 2.00 bits per heavy atom. The lowest BCUT2D eigenvalue weighted by atomic mass is 9.78. The number of aromatic amines is 2. The van der Waals surface area contributed by atoms with Crippen LogP contribution in [0.1, 0.15) is 61.6 Å². The van der Waals surface area contributed by atoms with Gasteiger partial charge in [0.25, 0.3) is 17.4 Å². The Morgan fingerprint density at radius 3 is 2.67 bits per heavy atom. The highest BCUT2D eigenvalue weighted by molar-refractivity contribution is 6.29. The second kappa shape index (κ2) is 10.6. The van der Waals surface area contributed by atoms with E-state index < -0.39 is 29.5 Å². The number of H-pyrrole nitrogens is 2. The molecule has 1 aliphatic carbocycles. The molecule has 3 heterocycles. The Balaban J connectivity index is 1.58. The van der Waals surface area contributed by atoms with E-state index in [4.69, 9.17) is 11.6 Å². The highest BCUT2D eigenvalue weighted by atomic mass is 35.5. The van der Waals surface area contributed by atoms with Crippen LogP contribution in [0.25, 0.3) is 0 Å². The number of halogens is 2. The van der Waals surface area contributed by atoms with Gasteiger partial charge in [-0.2, -0.15) is 14.6 Å². The number of anilines is 1. The van der Waals surface area contributed by atoms with Crippen molar-refractivity contribution in [2.45, 2.75) is 51.6 Å². The van der Waals surface area contributed by atoms with Crippen LogP contribution < -0.4 is 10.9 Å². The minimum Gasteiger partial charge on any atom is -0.328 e. The summed E-state index contributed by atoms with van der Waals surface area (Å²) >= 11 is 5.88. The van der Waals surface area contributed by atoms with E-state index in [-0.39, 0.29) is 33.9 Å². The SMILES string of the molecule is CC1CCC(C(C(=O)Nc2cn([C@@H](C)c3cc(Cl)n[nH]c3=O)nc2F)N(C)C(=O)c2ccn[nH]2)CC1. The van der Waals surface area contributed by atoms with Gasteiger partial charge in [-0.05, 0) is 43.7 Å². The van der Waals surface area contributed by atoms with Crippen LogP contribution in [-0.2, 0) is 4.79 Å². The Kier molecular flexibility index (Phi) is 7.53. The average Bonchev–Trinajstić information content (AvgIpc) is 3.51. The molecule has 2 amide bonds. The first-order valence-electron chi connectivity index (χ1n) is 11.7. The number of nitrogens with zero attached hydrogens (tertiary/aromatic N) is 5. The third kappa shape index (κ3) is 5.32. The number of hydrogen-bond donors (Lipinski definition) is 3. The topological polar surface area (TPSA) is 142 Å². The lowest BCUT2D eigenvalue weighted by molar-refractivity contribution is -0.122. The molecular formula is C23H28ClFN8O3. The third-order valence-electron chi connectivity index (χ3n) is 6.84. The summed E-state index contributed by atoms with van der Waals surface area (Å²) in [5.74, 6) is -1.36. The molecule has 0 spiro atoms. The van der Waals surface area contributed by atoms with E-state index in [1.165, 1.54) is 34.1 Å². The highest BCUT2D eigenvalue weighted by Crippen LogP contribution is 2.33.